The summed E-state index contributed by atoms with van der Waals surface area (Å²) in [5.41, 5.74) is -0.463. The molecule has 5 heteroatoms. The molecular formula is C17H19FO4. The summed E-state index contributed by atoms with van der Waals surface area (Å²) in [5.74, 6) is -1.37. The first-order chi connectivity index (χ1) is 10.6. The minimum absolute atomic E-state index is 0.210. The lowest BCUT2D eigenvalue weighted by Crippen LogP contribution is -2.44. The lowest BCUT2D eigenvalue weighted by Gasteiger charge is -2.31. The number of cyclic esters (lactones) is 1. The lowest BCUT2D eigenvalue weighted by molar-refractivity contribution is -0.177. The van der Waals surface area contributed by atoms with Gasteiger partial charge in [0.2, 0.25) is 0 Å². The van der Waals surface area contributed by atoms with Gasteiger partial charge in [-0.25, -0.2) is 4.39 Å². The first-order valence-electron chi connectivity index (χ1n) is 7.35. The number of rotatable bonds is 5. The van der Waals surface area contributed by atoms with E-state index in [1.807, 2.05) is 0 Å². The molecule has 0 aliphatic carbocycles. The molecule has 22 heavy (non-hydrogen) atoms. The molecule has 1 aliphatic rings. The molecular weight excluding hydrogens is 287 g/mol. The van der Waals surface area contributed by atoms with E-state index in [2.05, 4.69) is 0 Å². The SMILES string of the molecule is CCOC(=O)[C@]1(C/C=C/c2ccc(F)cc2)CCCOC1=O. The van der Waals surface area contributed by atoms with Gasteiger partial charge in [-0.05, 0) is 43.9 Å². The number of benzene rings is 1. The Morgan fingerprint density at radius 2 is 2.14 bits per heavy atom. The molecule has 1 heterocycles. The molecule has 1 atom stereocenters. The second kappa shape index (κ2) is 7.20. The normalized spacial score (nSPS) is 21.6. The maximum atomic E-state index is 12.9. The number of hydrogen-bond donors (Lipinski definition) is 0. The summed E-state index contributed by atoms with van der Waals surface area (Å²) in [6, 6.07) is 5.97. The van der Waals surface area contributed by atoms with Gasteiger partial charge < -0.3 is 9.47 Å². The van der Waals surface area contributed by atoms with Crippen molar-refractivity contribution in [3.63, 3.8) is 0 Å². The molecule has 1 aliphatic heterocycles. The Morgan fingerprint density at radius 1 is 1.41 bits per heavy atom. The van der Waals surface area contributed by atoms with Gasteiger partial charge in [0.05, 0.1) is 13.2 Å². The second-order valence-electron chi connectivity index (χ2n) is 5.20. The molecule has 0 saturated carbocycles. The van der Waals surface area contributed by atoms with E-state index in [1.54, 1.807) is 31.2 Å². The fourth-order valence-electron chi connectivity index (χ4n) is 2.47. The predicted molar refractivity (Wildman–Crippen MR) is 79.3 cm³/mol. The monoisotopic (exact) mass is 306 g/mol. The van der Waals surface area contributed by atoms with Crippen molar-refractivity contribution in [2.45, 2.75) is 26.2 Å². The zero-order valence-corrected chi connectivity index (χ0v) is 12.5. The van der Waals surface area contributed by atoms with Crippen LogP contribution in [0.25, 0.3) is 6.08 Å². The van der Waals surface area contributed by atoms with Crippen molar-refractivity contribution in [3.8, 4) is 0 Å². The van der Waals surface area contributed by atoms with E-state index in [0.29, 0.717) is 19.4 Å². The van der Waals surface area contributed by atoms with Crippen molar-refractivity contribution in [3.05, 3.63) is 41.7 Å². The molecule has 2 rings (SSSR count). The number of ether oxygens (including phenoxy) is 2. The summed E-state index contributed by atoms with van der Waals surface area (Å²) < 4.78 is 23.0. The summed E-state index contributed by atoms with van der Waals surface area (Å²) in [5, 5.41) is 0. The zero-order chi connectivity index (χ0) is 16.0. The van der Waals surface area contributed by atoms with Crippen LogP contribution in [0, 0.1) is 11.2 Å². The highest BCUT2D eigenvalue weighted by Gasteiger charge is 2.49. The molecule has 0 aromatic heterocycles. The summed E-state index contributed by atoms with van der Waals surface area (Å²) in [6.07, 6.45) is 4.74. The summed E-state index contributed by atoms with van der Waals surface area (Å²) in [7, 11) is 0. The summed E-state index contributed by atoms with van der Waals surface area (Å²) in [4.78, 5) is 24.3. The van der Waals surface area contributed by atoms with E-state index in [4.69, 9.17) is 9.47 Å². The Balaban J connectivity index is 2.14. The Labute approximate surface area is 128 Å². The van der Waals surface area contributed by atoms with Gasteiger partial charge in [-0.1, -0.05) is 24.3 Å². The third-order valence-corrected chi connectivity index (χ3v) is 3.68. The van der Waals surface area contributed by atoms with E-state index in [0.717, 1.165) is 5.56 Å². The van der Waals surface area contributed by atoms with Crippen LogP contribution in [0.15, 0.2) is 30.3 Å². The molecule has 1 fully saturated rings. The smallest absolute Gasteiger partial charge is 0.323 e. The Morgan fingerprint density at radius 3 is 2.77 bits per heavy atom. The van der Waals surface area contributed by atoms with Crippen molar-refractivity contribution in [1.82, 2.24) is 0 Å². The van der Waals surface area contributed by atoms with Crippen molar-refractivity contribution in [2.75, 3.05) is 13.2 Å². The average Bonchev–Trinajstić information content (AvgIpc) is 2.51. The molecule has 0 bridgehead atoms. The van der Waals surface area contributed by atoms with Crippen LogP contribution < -0.4 is 0 Å². The van der Waals surface area contributed by atoms with Crippen LogP contribution in [0.2, 0.25) is 0 Å². The van der Waals surface area contributed by atoms with Crippen molar-refractivity contribution >= 4 is 18.0 Å². The van der Waals surface area contributed by atoms with E-state index < -0.39 is 17.4 Å². The number of allylic oxidation sites excluding steroid dienone is 1. The number of carbonyl (C=O) groups is 2. The van der Waals surface area contributed by atoms with E-state index >= 15 is 0 Å². The van der Waals surface area contributed by atoms with Crippen molar-refractivity contribution in [2.24, 2.45) is 5.41 Å². The van der Waals surface area contributed by atoms with Crippen molar-refractivity contribution in [1.29, 1.82) is 0 Å². The maximum Gasteiger partial charge on any atom is 0.323 e. The highest BCUT2D eigenvalue weighted by molar-refractivity contribution is 6.00. The summed E-state index contributed by atoms with van der Waals surface area (Å²) in [6.45, 7) is 2.26. The molecule has 0 unspecified atom stereocenters. The maximum absolute atomic E-state index is 12.9. The minimum atomic E-state index is -1.26. The Bertz CT molecular complexity index is 565. The topological polar surface area (TPSA) is 52.6 Å². The van der Waals surface area contributed by atoms with Gasteiger partial charge >= 0.3 is 11.9 Å². The fourth-order valence-corrected chi connectivity index (χ4v) is 2.47. The van der Waals surface area contributed by atoms with Crippen molar-refractivity contribution < 1.29 is 23.5 Å². The third kappa shape index (κ3) is 3.53. The van der Waals surface area contributed by atoms with E-state index in [1.165, 1.54) is 12.1 Å². The standard InChI is InChI=1S/C17H19FO4/c1-2-21-15(19)17(11-4-12-22-16(17)20)10-3-5-13-6-8-14(18)9-7-13/h3,5-9H,2,4,10-12H2,1H3/b5-3+/t17-/m0/s1. The number of carbonyl (C=O) groups excluding carboxylic acids is 2. The zero-order valence-electron chi connectivity index (χ0n) is 12.5. The average molecular weight is 306 g/mol. The van der Waals surface area contributed by atoms with Crippen LogP contribution >= 0.6 is 0 Å². The molecule has 0 radical (unpaired) electrons. The Kier molecular flexibility index (Phi) is 5.31. The van der Waals surface area contributed by atoms with Crippen LogP contribution in [0.4, 0.5) is 4.39 Å². The van der Waals surface area contributed by atoms with E-state index in [9.17, 15) is 14.0 Å². The van der Waals surface area contributed by atoms with Crippen LogP contribution in [-0.4, -0.2) is 25.2 Å². The van der Waals surface area contributed by atoms with Crippen LogP contribution in [0.1, 0.15) is 31.7 Å². The number of esters is 2. The van der Waals surface area contributed by atoms with E-state index in [-0.39, 0.29) is 18.8 Å². The highest BCUT2D eigenvalue weighted by Crippen LogP contribution is 2.35. The molecule has 1 aromatic carbocycles. The molecule has 118 valence electrons. The summed E-state index contributed by atoms with van der Waals surface area (Å²) >= 11 is 0. The van der Waals surface area contributed by atoms with Gasteiger partial charge in [0, 0.05) is 0 Å². The first-order valence-corrected chi connectivity index (χ1v) is 7.35. The van der Waals surface area contributed by atoms with Gasteiger partial charge in [-0.2, -0.15) is 0 Å². The highest BCUT2D eigenvalue weighted by atomic mass is 19.1. The van der Waals surface area contributed by atoms with Crippen LogP contribution in [-0.2, 0) is 19.1 Å². The lowest BCUT2D eigenvalue weighted by atomic mass is 9.78. The van der Waals surface area contributed by atoms with Gasteiger partial charge in [0.1, 0.15) is 5.82 Å². The van der Waals surface area contributed by atoms with Gasteiger partial charge in [0.25, 0.3) is 0 Å². The number of halogens is 1. The largest absolute Gasteiger partial charge is 0.465 e. The molecule has 0 spiro atoms. The van der Waals surface area contributed by atoms with Crippen LogP contribution in [0.5, 0.6) is 0 Å². The molecule has 4 nitrogen and oxygen atoms in total. The van der Waals surface area contributed by atoms with Crippen LogP contribution in [0.3, 0.4) is 0 Å². The second-order valence-corrected chi connectivity index (χ2v) is 5.20. The molecule has 1 saturated heterocycles. The molecule has 0 N–H and O–H groups in total. The third-order valence-electron chi connectivity index (χ3n) is 3.68. The predicted octanol–water partition coefficient (Wildman–Crippen LogP) is 3.12. The quantitative estimate of drug-likeness (QED) is 0.619. The Hall–Kier alpha value is -2.17. The molecule has 1 aromatic rings. The fraction of sp³-hybridized carbons (Fsp3) is 0.412. The van der Waals surface area contributed by atoms with Gasteiger partial charge in [0.15, 0.2) is 5.41 Å². The minimum Gasteiger partial charge on any atom is -0.465 e. The van der Waals surface area contributed by atoms with Gasteiger partial charge in [-0.3, -0.25) is 9.59 Å². The number of hydrogen-bond acceptors (Lipinski definition) is 4. The molecule has 0 amide bonds. The van der Waals surface area contributed by atoms with Gasteiger partial charge in [-0.15, -0.1) is 0 Å². The first kappa shape index (κ1) is 16.2.